The van der Waals surface area contributed by atoms with E-state index in [1.54, 1.807) is 0 Å². The van der Waals surface area contributed by atoms with Crippen molar-refractivity contribution in [3.63, 3.8) is 0 Å². The average Bonchev–Trinajstić information content (AvgIpc) is 2.56. The molecule has 2 aromatic carbocycles. The Morgan fingerprint density at radius 3 is 2.48 bits per heavy atom. The number of benzene rings is 2. The van der Waals surface area contributed by atoms with Crippen molar-refractivity contribution in [3.05, 3.63) is 60.2 Å². The van der Waals surface area contributed by atoms with Crippen LogP contribution in [0.15, 0.2) is 48.5 Å². The maximum Gasteiger partial charge on any atom is 0.328 e. The maximum absolute atomic E-state index is 13.2. The van der Waals surface area contributed by atoms with Crippen molar-refractivity contribution < 1.29 is 23.2 Å². The SMILES string of the molecule is O=C(Nc1cccc(F)c1)C1CNC(=O)N(c2ccc(F)cc2)C1=O. The summed E-state index contributed by atoms with van der Waals surface area (Å²) in [5.41, 5.74) is 0.343. The topological polar surface area (TPSA) is 78.5 Å². The molecule has 2 N–H and O–H groups in total. The molecule has 128 valence electrons. The summed E-state index contributed by atoms with van der Waals surface area (Å²) in [4.78, 5) is 37.6. The van der Waals surface area contributed by atoms with E-state index >= 15 is 0 Å². The van der Waals surface area contributed by atoms with Crippen molar-refractivity contribution in [2.45, 2.75) is 0 Å². The number of nitrogens with zero attached hydrogens (tertiary/aromatic N) is 1. The minimum atomic E-state index is -1.19. The summed E-state index contributed by atoms with van der Waals surface area (Å²) >= 11 is 0. The first-order chi connectivity index (χ1) is 12.0. The second-order valence-corrected chi connectivity index (χ2v) is 5.39. The Morgan fingerprint density at radius 1 is 1.08 bits per heavy atom. The van der Waals surface area contributed by atoms with Crippen LogP contribution < -0.4 is 15.5 Å². The first kappa shape index (κ1) is 16.6. The first-order valence-electron chi connectivity index (χ1n) is 7.39. The van der Waals surface area contributed by atoms with Crippen LogP contribution in [-0.4, -0.2) is 24.4 Å². The molecular formula is C17H13F2N3O3. The fourth-order valence-corrected chi connectivity index (χ4v) is 2.45. The van der Waals surface area contributed by atoms with Crippen LogP contribution in [0.3, 0.4) is 0 Å². The molecule has 0 aromatic heterocycles. The van der Waals surface area contributed by atoms with Gasteiger partial charge in [0.2, 0.25) is 11.8 Å². The molecule has 0 aliphatic carbocycles. The van der Waals surface area contributed by atoms with E-state index in [2.05, 4.69) is 10.6 Å². The van der Waals surface area contributed by atoms with Gasteiger partial charge < -0.3 is 10.6 Å². The van der Waals surface area contributed by atoms with Gasteiger partial charge in [0.25, 0.3) is 0 Å². The molecule has 8 heteroatoms. The summed E-state index contributed by atoms with van der Waals surface area (Å²) < 4.78 is 26.2. The van der Waals surface area contributed by atoms with Crippen molar-refractivity contribution in [2.24, 2.45) is 5.92 Å². The third-order valence-corrected chi connectivity index (χ3v) is 3.67. The molecule has 1 aliphatic heterocycles. The molecule has 3 rings (SSSR count). The normalized spacial score (nSPS) is 17.2. The van der Waals surface area contributed by atoms with Crippen molar-refractivity contribution in [3.8, 4) is 0 Å². The quantitative estimate of drug-likeness (QED) is 0.838. The summed E-state index contributed by atoms with van der Waals surface area (Å²) in [6, 6.07) is 9.26. The minimum Gasteiger partial charge on any atom is -0.336 e. The largest absolute Gasteiger partial charge is 0.336 e. The highest BCUT2D eigenvalue weighted by molar-refractivity contribution is 6.23. The van der Waals surface area contributed by atoms with Crippen LogP contribution in [0.5, 0.6) is 0 Å². The molecule has 1 aliphatic rings. The lowest BCUT2D eigenvalue weighted by Crippen LogP contribution is -2.58. The van der Waals surface area contributed by atoms with E-state index in [9.17, 15) is 23.2 Å². The zero-order valence-electron chi connectivity index (χ0n) is 12.8. The Hall–Kier alpha value is -3.29. The van der Waals surface area contributed by atoms with Crippen LogP contribution in [0.1, 0.15) is 0 Å². The van der Waals surface area contributed by atoms with E-state index in [4.69, 9.17) is 0 Å². The van der Waals surface area contributed by atoms with Gasteiger partial charge in [0, 0.05) is 12.2 Å². The molecule has 1 unspecified atom stereocenters. The number of carbonyl (C=O) groups is 3. The molecule has 2 aromatic rings. The maximum atomic E-state index is 13.2. The number of hydrogen-bond donors (Lipinski definition) is 2. The second kappa shape index (κ2) is 6.68. The van der Waals surface area contributed by atoms with Gasteiger partial charge in [0.05, 0.1) is 5.69 Å². The Morgan fingerprint density at radius 2 is 1.80 bits per heavy atom. The molecule has 1 saturated heterocycles. The van der Waals surface area contributed by atoms with Crippen LogP contribution in [0.25, 0.3) is 0 Å². The summed E-state index contributed by atoms with van der Waals surface area (Å²) in [5, 5.41) is 4.88. The van der Waals surface area contributed by atoms with Crippen molar-refractivity contribution in [2.75, 3.05) is 16.8 Å². The van der Waals surface area contributed by atoms with E-state index in [0.29, 0.717) is 0 Å². The predicted octanol–water partition coefficient (Wildman–Crippen LogP) is 2.28. The van der Waals surface area contributed by atoms with Crippen molar-refractivity contribution >= 4 is 29.2 Å². The van der Waals surface area contributed by atoms with E-state index < -0.39 is 35.4 Å². The van der Waals surface area contributed by atoms with Gasteiger partial charge in [-0.3, -0.25) is 9.59 Å². The Labute approximate surface area is 141 Å². The van der Waals surface area contributed by atoms with Gasteiger partial charge in [-0.05, 0) is 42.5 Å². The number of nitrogens with one attached hydrogen (secondary N) is 2. The van der Waals surface area contributed by atoms with E-state index in [1.807, 2.05) is 0 Å². The van der Waals surface area contributed by atoms with Gasteiger partial charge in [-0.1, -0.05) is 6.07 Å². The standard InChI is InChI=1S/C17H13F2N3O3/c18-10-4-6-13(7-5-10)22-16(24)14(9-20-17(22)25)15(23)21-12-3-1-2-11(19)8-12/h1-8,14H,9H2,(H,20,25)(H,21,23). The smallest absolute Gasteiger partial charge is 0.328 e. The van der Waals surface area contributed by atoms with Crippen LogP contribution in [0.4, 0.5) is 25.0 Å². The molecule has 4 amide bonds. The van der Waals surface area contributed by atoms with Crippen molar-refractivity contribution in [1.29, 1.82) is 0 Å². The van der Waals surface area contributed by atoms with E-state index in [-0.39, 0.29) is 17.9 Å². The molecule has 1 heterocycles. The fourth-order valence-electron chi connectivity index (χ4n) is 2.45. The van der Waals surface area contributed by atoms with Gasteiger partial charge in [-0.15, -0.1) is 0 Å². The van der Waals surface area contributed by atoms with E-state index in [1.165, 1.54) is 30.3 Å². The first-order valence-corrected chi connectivity index (χ1v) is 7.39. The molecule has 0 radical (unpaired) electrons. The molecule has 1 fully saturated rings. The monoisotopic (exact) mass is 345 g/mol. The lowest BCUT2D eigenvalue weighted by atomic mass is 10.0. The summed E-state index contributed by atoms with van der Waals surface area (Å²) in [6.07, 6.45) is 0. The lowest BCUT2D eigenvalue weighted by molar-refractivity contribution is -0.130. The van der Waals surface area contributed by atoms with Gasteiger partial charge >= 0.3 is 6.03 Å². The molecule has 0 spiro atoms. The highest BCUT2D eigenvalue weighted by Gasteiger charge is 2.39. The van der Waals surface area contributed by atoms with Gasteiger partial charge in [-0.2, -0.15) is 0 Å². The van der Waals surface area contributed by atoms with Gasteiger partial charge in [0.15, 0.2) is 0 Å². The Kier molecular flexibility index (Phi) is 4.42. The van der Waals surface area contributed by atoms with Crippen LogP contribution in [0, 0.1) is 17.6 Å². The van der Waals surface area contributed by atoms with E-state index in [0.717, 1.165) is 23.1 Å². The number of halogens is 2. The highest BCUT2D eigenvalue weighted by atomic mass is 19.1. The zero-order valence-corrected chi connectivity index (χ0v) is 12.8. The zero-order chi connectivity index (χ0) is 18.0. The van der Waals surface area contributed by atoms with Crippen molar-refractivity contribution in [1.82, 2.24) is 5.32 Å². The third kappa shape index (κ3) is 3.47. The Bertz CT molecular complexity index is 839. The van der Waals surface area contributed by atoms with Crippen LogP contribution in [0.2, 0.25) is 0 Å². The summed E-state index contributed by atoms with van der Waals surface area (Å²) in [7, 11) is 0. The molecular weight excluding hydrogens is 332 g/mol. The number of anilines is 2. The lowest BCUT2D eigenvalue weighted by Gasteiger charge is -2.30. The molecule has 0 saturated carbocycles. The molecule has 25 heavy (non-hydrogen) atoms. The highest BCUT2D eigenvalue weighted by Crippen LogP contribution is 2.21. The number of amides is 4. The number of carbonyl (C=O) groups excluding carboxylic acids is 3. The number of urea groups is 1. The molecule has 1 atom stereocenters. The minimum absolute atomic E-state index is 0.146. The van der Waals surface area contributed by atoms with Gasteiger partial charge in [-0.25, -0.2) is 18.5 Å². The third-order valence-electron chi connectivity index (χ3n) is 3.67. The predicted molar refractivity (Wildman–Crippen MR) is 85.8 cm³/mol. The molecule has 0 bridgehead atoms. The van der Waals surface area contributed by atoms with Crippen LogP contribution in [-0.2, 0) is 9.59 Å². The van der Waals surface area contributed by atoms with Crippen LogP contribution >= 0.6 is 0 Å². The summed E-state index contributed by atoms with van der Waals surface area (Å²) in [5.74, 6) is -3.67. The number of imide groups is 1. The fraction of sp³-hybridized carbons (Fsp3) is 0.118. The summed E-state index contributed by atoms with van der Waals surface area (Å²) in [6.45, 7) is -0.184. The van der Waals surface area contributed by atoms with Gasteiger partial charge in [0.1, 0.15) is 17.6 Å². The Balaban J connectivity index is 1.80. The molecule has 6 nitrogen and oxygen atoms in total. The average molecular weight is 345 g/mol. The number of rotatable bonds is 3. The number of hydrogen-bond acceptors (Lipinski definition) is 3. The second-order valence-electron chi connectivity index (χ2n) is 5.39.